The van der Waals surface area contributed by atoms with Crippen molar-refractivity contribution in [2.75, 3.05) is 0 Å². The topological polar surface area (TPSA) is 0 Å². The monoisotopic (exact) mass is 356 g/mol. The van der Waals surface area contributed by atoms with Gasteiger partial charge < -0.3 is 0 Å². The first kappa shape index (κ1) is 19.9. The fourth-order valence-electron chi connectivity index (χ4n) is 1.57. The van der Waals surface area contributed by atoms with Crippen molar-refractivity contribution >= 4 is 0 Å². The van der Waals surface area contributed by atoms with Gasteiger partial charge in [-0.25, -0.2) is 8.78 Å². The second kappa shape index (κ2) is 8.12. The Morgan fingerprint density at radius 3 is 0.917 bits per heavy atom. The highest BCUT2D eigenvalue weighted by Crippen LogP contribution is 2.33. The van der Waals surface area contributed by atoms with E-state index in [0.717, 1.165) is 0 Å². The quantitative estimate of drug-likeness (QED) is 0.550. The summed E-state index contributed by atoms with van der Waals surface area (Å²) in [5, 5.41) is 0. The average molecular weight is 356 g/mol. The summed E-state index contributed by atoms with van der Waals surface area (Å²) >= 11 is 0. The summed E-state index contributed by atoms with van der Waals surface area (Å²) in [5.41, 5.74) is -0.995. The number of hydrogen-bond donors (Lipinski definition) is 0. The van der Waals surface area contributed by atoms with Gasteiger partial charge in [0.1, 0.15) is 13.3 Å². The third-order valence-electron chi connectivity index (χ3n) is 2.87. The second-order valence-corrected chi connectivity index (χ2v) is 4.66. The molecule has 0 spiro atoms. The van der Waals surface area contributed by atoms with Crippen molar-refractivity contribution in [1.82, 2.24) is 0 Å². The Hall–Kier alpha value is -2.12. The summed E-state index contributed by atoms with van der Waals surface area (Å²) in [5.74, 6) is 0. The minimum absolute atomic E-state index is 0.406. The Balaban J connectivity index is 0.000000254. The fraction of sp³-hybridized carbons (Fsp3) is 0.250. The molecular formula is C16H12F8. The van der Waals surface area contributed by atoms with Crippen LogP contribution in [0.25, 0.3) is 0 Å². The van der Waals surface area contributed by atoms with Crippen molar-refractivity contribution in [1.29, 1.82) is 0 Å². The summed E-state index contributed by atoms with van der Waals surface area (Å²) in [7, 11) is 0. The second-order valence-electron chi connectivity index (χ2n) is 4.66. The van der Waals surface area contributed by atoms with Gasteiger partial charge in [0.15, 0.2) is 0 Å². The number of halogens is 8. The van der Waals surface area contributed by atoms with Crippen LogP contribution in [-0.2, 0) is 25.7 Å². The summed E-state index contributed by atoms with van der Waals surface area (Å²) in [6.45, 7) is -0.959. The van der Waals surface area contributed by atoms with E-state index in [2.05, 4.69) is 0 Å². The first-order valence-corrected chi connectivity index (χ1v) is 6.52. The van der Waals surface area contributed by atoms with E-state index >= 15 is 0 Å². The van der Waals surface area contributed by atoms with E-state index in [-0.39, 0.29) is 0 Å². The Labute approximate surface area is 132 Å². The predicted molar refractivity (Wildman–Crippen MR) is 72.5 cm³/mol. The standard InChI is InChI=1S/C8H4F6.C8H8F2/c9-7(10,11)5-1-2-6(4-3-5)8(12,13)14;9-5-7-1-2-8(6-10)4-3-7/h1-4H;1-4H,5-6H2. The third kappa shape index (κ3) is 6.17. The lowest BCUT2D eigenvalue weighted by atomic mass is 10.1. The smallest absolute Gasteiger partial charge is 0.246 e. The Morgan fingerprint density at radius 1 is 0.500 bits per heavy atom. The summed E-state index contributed by atoms with van der Waals surface area (Å²) in [6.07, 6.45) is -9.21. The summed E-state index contributed by atoms with van der Waals surface area (Å²) < 4.78 is 95.3. The van der Waals surface area contributed by atoms with Crippen LogP contribution >= 0.6 is 0 Å². The molecule has 0 aromatic heterocycles. The van der Waals surface area contributed by atoms with E-state index in [4.69, 9.17) is 0 Å². The van der Waals surface area contributed by atoms with Gasteiger partial charge in [-0.3, -0.25) is 0 Å². The van der Waals surface area contributed by atoms with Crippen LogP contribution in [0.3, 0.4) is 0 Å². The van der Waals surface area contributed by atoms with Crippen LogP contribution in [0.5, 0.6) is 0 Å². The van der Waals surface area contributed by atoms with Gasteiger partial charge in [0.25, 0.3) is 0 Å². The molecule has 24 heavy (non-hydrogen) atoms. The van der Waals surface area contributed by atoms with Crippen molar-refractivity contribution < 1.29 is 35.1 Å². The molecule has 0 fully saturated rings. The molecule has 0 nitrogen and oxygen atoms in total. The zero-order valence-electron chi connectivity index (χ0n) is 12.1. The Bertz CT molecular complexity index is 553. The molecule has 0 bridgehead atoms. The number of hydrogen-bond acceptors (Lipinski definition) is 0. The molecule has 0 atom stereocenters. The molecule has 0 radical (unpaired) electrons. The van der Waals surface area contributed by atoms with Gasteiger partial charge in [0, 0.05) is 0 Å². The fourth-order valence-corrected chi connectivity index (χ4v) is 1.57. The Morgan fingerprint density at radius 2 is 0.750 bits per heavy atom. The van der Waals surface area contributed by atoms with Gasteiger partial charge in [-0.1, -0.05) is 24.3 Å². The van der Waals surface area contributed by atoms with Crippen molar-refractivity contribution in [3.05, 3.63) is 70.8 Å². The van der Waals surface area contributed by atoms with Crippen molar-refractivity contribution in [2.45, 2.75) is 25.7 Å². The zero-order valence-corrected chi connectivity index (χ0v) is 12.1. The molecule has 2 aromatic rings. The maximum atomic E-state index is 11.9. The maximum absolute atomic E-state index is 11.9. The zero-order chi connectivity index (χ0) is 18.4. The van der Waals surface area contributed by atoms with Crippen LogP contribution in [-0.4, -0.2) is 0 Å². The van der Waals surface area contributed by atoms with Crippen LogP contribution in [0, 0.1) is 0 Å². The largest absolute Gasteiger partial charge is 0.416 e. The number of alkyl halides is 8. The van der Waals surface area contributed by atoms with Crippen molar-refractivity contribution in [2.24, 2.45) is 0 Å². The SMILES string of the molecule is FC(F)(F)c1ccc(C(F)(F)F)cc1.FCc1ccc(CF)cc1. The molecule has 2 aromatic carbocycles. The maximum Gasteiger partial charge on any atom is 0.416 e. The normalized spacial score (nSPS) is 11.7. The van der Waals surface area contributed by atoms with Gasteiger partial charge in [-0.2, -0.15) is 26.3 Å². The highest BCUT2D eigenvalue weighted by Gasteiger charge is 2.33. The number of rotatable bonds is 2. The van der Waals surface area contributed by atoms with E-state index in [1.54, 1.807) is 24.3 Å². The van der Waals surface area contributed by atoms with Gasteiger partial charge in [-0.05, 0) is 35.4 Å². The molecule has 2 rings (SSSR count). The lowest BCUT2D eigenvalue weighted by Crippen LogP contribution is -2.08. The average Bonchev–Trinajstić information content (AvgIpc) is 2.54. The van der Waals surface area contributed by atoms with E-state index in [1.807, 2.05) is 0 Å². The van der Waals surface area contributed by atoms with Gasteiger partial charge >= 0.3 is 12.4 Å². The lowest BCUT2D eigenvalue weighted by Gasteiger charge is -2.09. The van der Waals surface area contributed by atoms with Gasteiger partial charge in [-0.15, -0.1) is 0 Å². The highest BCUT2D eigenvalue weighted by molar-refractivity contribution is 5.26. The van der Waals surface area contributed by atoms with Crippen LogP contribution in [0.15, 0.2) is 48.5 Å². The number of benzene rings is 2. The predicted octanol–water partition coefficient (Wildman–Crippen LogP) is 6.35. The molecule has 0 saturated heterocycles. The molecule has 0 saturated carbocycles. The molecule has 0 aliphatic rings. The first-order chi connectivity index (χ1) is 11.1. The van der Waals surface area contributed by atoms with Gasteiger partial charge in [0.05, 0.1) is 11.1 Å². The molecule has 0 aliphatic carbocycles. The molecule has 132 valence electrons. The highest BCUT2D eigenvalue weighted by atomic mass is 19.4. The Kier molecular flexibility index (Phi) is 6.74. The molecule has 0 N–H and O–H groups in total. The van der Waals surface area contributed by atoms with E-state index in [0.29, 0.717) is 35.4 Å². The summed E-state index contributed by atoms with van der Waals surface area (Å²) in [6, 6.07) is 7.99. The van der Waals surface area contributed by atoms with E-state index in [9.17, 15) is 35.1 Å². The lowest BCUT2D eigenvalue weighted by molar-refractivity contribution is -0.141. The molecule has 0 amide bonds. The minimum atomic E-state index is -4.61. The summed E-state index contributed by atoms with van der Waals surface area (Å²) in [4.78, 5) is 0. The van der Waals surface area contributed by atoms with Gasteiger partial charge in [0.2, 0.25) is 0 Å². The molecular weight excluding hydrogens is 344 g/mol. The first-order valence-electron chi connectivity index (χ1n) is 6.52. The molecule has 8 heteroatoms. The van der Waals surface area contributed by atoms with E-state index < -0.39 is 36.8 Å². The van der Waals surface area contributed by atoms with Crippen LogP contribution in [0.4, 0.5) is 35.1 Å². The van der Waals surface area contributed by atoms with Crippen molar-refractivity contribution in [3.8, 4) is 0 Å². The molecule has 0 aliphatic heterocycles. The van der Waals surface area contributed by atoms with Crippen molar-refractivity contribution in [3.63, 3.8) is 0 Å². The molecule has 0 unspecified atom stereocenters. The van der Waals surface area contributed by atoms with E-state index in [1.165, 1.54) is 0 Å². The molecule has 0 heterocycles. The van der Waals surface area contributed by atoms with Crippen LogP contribution < -0.4 is 0 Å². The third-order valence-corrected chi connectivity index (χ3v) is 2.87. The van der Waals surface area contributed by atoms with Crippen LogP contribution in [0.1, 0.15) is 22.3 Å². The van der Waals surface area contributed by atoms with Crippen LogP contribution in [0.2, 0.25) is 0 Å². The minimum Gasteiger partial charge on any atom is -0.246 e.